The molecule has 1 aliphatic heterocycles. The number of hydrogen-bond acceptors (Lipinski definition) is 2. The third-order valence-electron chi connectivity index (χ3n) is 5.00. The third-order valence-corrected chi connectivity index (χ3v) is 5.00. The second kappa shape index (κ2) is 7.96. The second-order valence-electron chi connectivity index (χ2n) is 6.80. The molecule has 1 atom stereocenters. The Bertz CT molecular complexity index is 598. The normalized spacial score (nSPS) is 19.8. The van der Waals surface area contributed by atoms with Crippen molar-refractivity contribution in [2.75, 3.05) is 13.1 Å². The maximum Gasteiger partial charge on any atom is 0.416 e. The first-order valence-corrected chi connectivity index (χ1v) is 8.58. The highest BCUT2D eigenvalue weighted by Gasteiger charge is 2.39. The van der Waals surface area contributed by atoms with Crippen LogP contribution in [0.4, 0.5) is 13.2 Å². The quantitative estimate of drug-likeness (QED) is 0.855. The molecule has 1 N–H and O–H groups in total. The summed E-state index contributed by atoms with van der Waals surface area (Å²) >= 11 is 0. The topological polar surface area (TPSA) is 32.3 Å². The third kappa shape index (κ3) is 4.67. The number of rotatable bonds is 4. The van der Waals surface area contributed by atoms with Crippen molar-refractivity contribution in [2.45, 2.75) is 50.9 Å². The zero-order valence-corrected chi connectivity index (χ0v) is 15.0. The van der Waals surface area contributed by atoms with Gasteiger partial charge >= 0.3 is 6.18 Å². The number of carbonyl (C=O) groups is 1. The summed E-state index contributed by atoms with van der Waals surface area (Å²) in [5.74, 6) is 0.0870. The molecule has 7 heteroatoms. The van der Waals surface area contributed by atoms with Crippen LogP contribution < -0.4 is 5.32 Å². The van der Waals surface area contributed by atoms with E-state index in [0.717, 1.165) is 44.8 Å². The van der Waals surface area contributed by atoms with Crippen molar-refractivity contribution in [3.05, 3.63) is 35.4 Å². The van der Waals surface area contributed by atoms with Crippen molar-refractivity contribution in [2.24, 2.45) is 5.92 Å². The minimum Gasteiger partial charge on any atom is -0.333 e. The molecule has 1 unspecified atom stereocenters. The number of nitrogens with zero attached hydrogens (tertiary/aromatic N) is 1. The summed E-state index contributed by atoms with van der Waals surface area (Å²) in [5, 5.41) is 3.24. The van der Waals surface area contributed by atoms with E-state index in [0.29, 0.717) is 5.56 Å². The molecule has 0 bridgehead atoms. The molecule has 3 nitrogen and oxygen atoms in total. The molecule has 1 saturated carbocycles. The fourth-order valence-electron chi connectivity index (χ4n) is 3.45. The summed E-state index contributed by atoms with van der Waals surface area (Å²) in [6.07, 6.45) is -0.867. The van der Waals surface area contributed by atoms with Gasteiger partial charge in [-0.25, -0.2) is 0 Å². The van der Waals surface area contributed by atoms with Gasteiger partial charge in [0.1, 0.15) is 0 Å². The van der Waals surface area contributed by atoms with E-state index in [4.69, 9.17) is 0 Å². The predicted molar refractivity (Wildman–Crippen MR) is 92.6 cm³/mol. The van der Waals surface area contributed by atoms with Crippen LogP contribution in [0.1, 0.15) is 49.8 Å². The zero-order chi connectivity index (χ0) is 17.3. The Morgan fingerprint density at radius 2 is 1.84 bits per heavy atom. The number of hydrogen-bond donors (Lipinski definition) is 1. The monoisotopic (exact) mass is 376 g/mol. The van der Waals surface area contributed by atoms with Gasteiger partial charge in [0.25, 0.3) is 0 Å². The van der Waals surface area contributed by atoms with E-state index in [1.54, 1.807) is 6.07 Å². The lowest BCUT2D eigenvalue weighted by molar-refractivity contribution is -0.139. The molecule has 3 rings (SSSR count). The Labute approximate surface area is 152 Å². The van der Waals surface area contributed by atoms with Gasteiger partial charge in [-0.2, -0.15) is 13.2 Å². The molecular weight excluding hydrogens is 353 g/mol. The molecule has 25 heavy (non-hydrogen) atoms. The molecule has 1 aromatic rings. The van der Waals surface area contributed by atoms with Crippen molar-refractivity contribution in [3.8, 4) is 0 Å². The summed E-state index contributed by atoms with van der Waals surface area (Å²) in [6, 6.07) is 5.21. The molecular formula is C18H24ClF3N2O. The Hall–Kier alpha value is -1.27. The van der Waals surface area contributed by atoms with Crippen LogP contribution in [0.25, 0.3) is 0 Å². The molecule has 1 heterocycles. The van der Waals surface area contributed by atoms with Crippen LogP contribution >= 0.6 is 12.4 Å². The van der Waals surface area contributed by atoms with Crippen molar-refractivity contribution >= 4 is 18.3 Å². The number of halogens is 4. The van der Waals surface area contributed by atoms with Crippen molar-refractivity contribution in [3.63, 3.8) is 0 Å². The van der Waals surface area contributed by atoms with Crippen LogP contribution in [0.2, 0.25) is 0 Å². The van der Waals surface area contributed by atoms with Gasteiger partial charge in [-0.15, -0.1) is 12.4 Å². The standard InChI is InChI=1S/C18H23F3N2O.ClH/c1-12(14-3-2-4-15(11-14)18(19,20)21)23(16-5-6-16)17(24)13-7-9-22-10-8-13;/h2-4,11-13,16,22H,5-10H2,1H3;1H. The fourth-order valence-corrected chi connectivity index (χ4v) is 3.45. The van der Waals surface area contributed by atoms with Crippen LogP contribution in [-0.4, -0.2) is 29.9 Å². The van der Waals surface area contributed by atoms with E-state index in [2.05, 4.69) is 5.32 Å². The van der Waals surface area contributed by atoms with Crippen molar-refractivity contribution in [1.82, 2.24) is 10.2 Å². The number of benzene rings is 1. The lowest BCUT2D eigenvalue weighted by Crippen LogP contribution is -2.43. The molecule has 0 aromatic heterocycles. The fraction of sp³-hybridized carbons (Fsp3) is 0.611. The van der Waals surface area contributed by atoms with Crippen LogP contribution in [0.3, 0.4) is 0 Å². The van der Waals surface area contributed by atoms with Crippen molar-refractivity contribution < 1.29 is 18.0 Å². The maximum atomic E-state index is 13.0. The number of amides is 1. The van der Waals surface area contributed by atoms with Gasteiger partial charge in [-0.3, -0.25) is 4.79 Å². The number of nitrogens with one attached hydrogen (secondary N) is 1. The van der Waals surface area contributed by atoms with E-state index >= 15 is 0 Å². The minimum absolute atomic E-state index is 0. The highest BCUT2D eigenvalue weighted by molar-refractivity contribution is 5.85. The lowest BCUT2D eigenvalue weighted by atomic mass is 9.94. The first-order chi connectivity index (χ1) is 11.4. The Morgan fingerprint density at radius 3 is 2.40 bits per heavy atom. The summed E-state index contributed by atoms with van der Waals surface area (Å²) in [7, 11) is 0. The zero-order valence-electron chi connectivity index (χ0n) is 14.2. The minimum atomic E-state index is -4.36. The molecule has 2 aliphatic rings. The van der Waals surface area contributed by atoms with E-state index < -0.39 is 11.7 Å². The number of carbonyl (C=O) groups excluding carboxylic acids is 1. The number of piperidine rings is 1. The number of alkyl halides is 3. The van der Waals surface area contributed by atoms with Gasteiger partial charge < -0.3 is 10.2 Å². The molecule has 140 valence electrons. The Kier molecular flexibility index (Phi) is 6.38. The SMILES string of the molecule is CC(c1cccc(C(F)(F)F)c1)N(C(=O)C1CCNCC1)C1CC1.Cl. The van der Waals surface area contributed by atoms with Gasteiger partial charge in [-0.1, -0.05) is 12.1 Å². The molecule has 2 fully saturated rings. The molecule has 0 spiro atoms. The van der Waals surface area contributed by atoms with Crippen LogP contribution in [0.15, 0.2) is 24.3 Å². The van der Waals surface area contributed by atoms with E-state index in [1.807, 2.05) is 11.8 Å². The van der Waals surface area contributed by atoms with Crippen LogP contribution in [0.5, 0.6) is 0 Å². The van der Waals surface area contributed by atoms with Gasteiger partial charge in [0.2, 0.25) is 5.91 Å². The smallest absolute Gasteiger partial charge is 0.333 e. The van der Waals surface area contributed by atoms with E-state index in [1.165, 1.54) is 12.1 Å². The Morgan fingerprint density at radius 1 is 1.20 bits per heavy atom. The van der Waals surface area contributed by atoms with Gasteiger partial charge in [0.15, 0.2) is 0 Å². The largest absolute Gasteiger partial charge is 0.416 e. The van der Waals surface area contributed by atoms with Gasteiger partial charge in [0.05, 0.1) is 11.6 Å². The highest BCUT2D eigenvalue weighted by atomic mass is 35.5. The van der Waals surface area contributed by atoms with E-state index in [-0.39, 0.29) is 36.3 Å². The molecule has 1 amide bonds. The summed E-state index contributed by atoms with van der Waals surface area (Å²) < 4.78 is 38.9. The molecule has 1 aliphatic carbocycles. The summed E-state index contributed by atoms with van der Waals surface area (Å²) in [5.41, 5.74) is -0.101. The second-order valence-corrected chi connectivity index (χ2v) is 6.80. The van der Waals surface area contributed by atoms with Crippen LogP contribution in [0, 0.1) is 5.92 Å². The first-order valence-electron chi connectivity index (χ1n) is 8.58. The van der Waals surface area contributed by atoms with Crippen molar-refractivity contribution in [1.29, 1.82) is 0 Å². The first kappa shape index (κ1) is 20.0. The molecule has 0 radical (unpaired) electrons. The molecule has 1 aromatic carbocycles. The maximum absolute atomic E-state index is 13.0. The Balaban J connectivity index is 0.00000225. The lowest BCUT2D eigenvalue weighted by Gasteiger charge is -2.34. The average molecular weight is 377 g/mol. The van der Waals surface area contributed by atoms with Crippen LogP contribution in [-0.2, 0) is 11.0 Å². The van der Waals surface area contributed by atoms with Gasteiger partial charge in [-0.05, 0) is 63.4 Å². The summed E-state index contributed by atoms with van der Waals surface area (Å²) in [4.78, 5) is 14.8. The van der Waals surface area contributed by atoms with E-state index in [9.17, 15) is 18.0 Å². The predicted octanol–water partition coefficient (Wildman–Crippen LogP) is 4.18. The average Bonchev–Trinajstić information content (AvgIpc) is 3.40. The molecule has 1 saturated heterocycles. The highest BCUT2D eigenvalue weighted by Crippen LogP contribution is 2.38. The summed E-state index contributed by atoms with van der Waals surface area (Å²) in [6.45, 7) is 3.49. The van der Waals surface area contributed by atoms with Gasteiger partial charge in [0, 0.05) is 12.0 Å².